The van der Waals surface area contributed by atoms with E-state index in [0.717, 1.165) is 51.7 Å². The van der Waals surface area contributed by atoms with Crippen molar-refractivity contribution in [3.05, 3.63) is 17.5 Å². The van der Waals surface area contributed by atoms with Gasteiger partial charge in [0.05, 0.1) is 6.54 Å². The number of nitrogens with zero attached hydrogens (tertiary/aromatic N) is 4. The fraction of sp³-hybridized carbons (Fsp3) is 0.750. The van der Waals surface area contributed by atoms with E-state index in [-0.39, 0.29) is 36.0 Å². The maximum absolute atomic E-state index is 13.3. The lowest BCUT2D eigenvalue weighted by Gasteiger charge is -2.41. The van der Waals surface area contributed by atoms with Gasteiger partial charge in [-0.25, -0.2) is 0 Å². The molecule has 2 N–H and O–H groups in total. The van der Waals surface area contributed by atoms with E-state index >= 15 is 0 Å². The highest BCUT2D eigenvalue weighted by Gasteiger charge is 2.46. The second-order valence-corrected chi connectivity index (χ2v) is 9.51. The van der Waals surface area contributed by atoms with Gasteiger partial charge in [-0.05, 0) is 45.8 Å². The predicted molar refractivity (Wildman–Crippen MR) is 127 cm³/mol. The summed E-state index contributed by atoms with van der Waals surface area (Å²) in [4.78, 5) is 42.7. The summed E-state index contributed by atoms with van der Waals surface area (Å²) in [5.41, 5.74) is -0.506. The van der Waals surface area contributed by atoms with Crippen molar-refractivity contribution >= 4 is 17.7 Å². The lowest BCUT2D eigenvalue weighted by atomic mass is 9.95. The van der Waals surface area contributed by atoms with Crippen molar-refractivity contribution in [3.63, 3.8) is 0 Å². The number of carbonyl (C=O) groups is 3. The molecule has 1 aliphatic carbocycles. The first-order valence-electron chi connectivity index (χ1n) is 12.5. The molecule has 0 unspecified atom stereocenters. The van der Waals surface area contributed by atoms with E-state index in [1.165, 1.54) is 28.5 Å². The van der Waals surface area contributed by atoms with E-state index in [1.54, 1.807) is 14.0 Å². The summed E-state index contributed by atoms with van der Waals surface area (Å²) in [6.45, 7) is 9.68. The SMILES string of the molecule is CCN(CC)CCCNC(=O)c1cc2n(n1)C[C@@](C)(C(=O)NC1CCCCCC1)N(C)C2=O. The molecule has 0 saturated heterocycles. The first kappa shape index (κ1) is 25.2. The average molecular weight is 461 g/mol. The van der Waals surface area contributed by atoms with Gasteiger partial charge in [-0.3, -0.25) is 19.1 Å². The summed E-state index contributed by atoms with van der Waals surface area (Å²) < 4.78 is 1.51. The fourth-order valence-corrected chi connectivity index (χ4v) is 4.74. The lowest BCUT2D eigenvalue weighted by Crippen LogP contribution is -2.63. The lowest BCUT2D eigenvalue weighted by molar-refractivity contribution is -0.133. The smallest absolute Gasteiger partial charge is 0.272 e. The van der Waals surface area contributed by atoms with E-state index in [4.69, 9.17) is 0 Å². The highest BCUT2D eigenvalue weighted by Crippen LogP contribution is 2.27. The molecule has 3 amide bonds. The Hall–Kier alpha value is -2.42. The van der Waals surface area contributed by atoms with Crippen LogP contribution in [0.3, 0.4) is 0 Å². The maximum atomic E-state index is 13.3. The number of amides is 3. The molecule has 9 heteroatoms. The van der Waals surface area contributed by atoms with Gasteiger partial charge in [0.1, 0.15) is 11.2 Å². The zero-order valence-corrected chi connectivity index (χ0v) is 20.7. The maximum Gasteiger partial charge on any atom is 0.272 e. The molecule has 1 fully saturated rings. The fourth-order valence-electron chi connectivity index (χ4n) is 4.74. The van der Waals surface area contributed by atoms with Gasteiger partial charge in [-0.2, -0.15) is 5.10 Å². The summed E-state index contributed by atoms with van der Waals surface area (Å²) >= 11 is 0. The van der Waals surface area contributed by atoms with Gasteiger partial charge in [-0.1, -0.05) is 39.5 Å². The number of rotatable bonds is 9. The van der Waals surface area contributed by atoms with Crippen molar-refractivity contribution < 1.29 is 14.4 Å². The van der Waals surface area contributed by atoms with Crippen LogP contribution in [-0.2, 0) is 11.3 Å². The molecule has 0 radical (unpaired) electrons. The van der Waals surface area contributed by atoms with Crippen molar-refractivity contribution in [2.45, 2.75) is 83.8 Å². The number of hydrogen-bond acceptors (Lipinski definition) is 5. The number of likely N-dealkylation sites (N-methyl/N-ethyl adjacent to an activating group) is 1. The third-order valence-electron chi connectivity index (χ3n) is 7.24. The van der Waals surface area contributed by atoms with Crippen molar-refractivity contribution in [2.75, 3.05) is 33.2 Å². The zero-order chi connectivity index (χ0) is 24.0. The Balaban J connectivity index is 1.64. The normalized spacial score (nSPS) is 21.6. The Morgan fingerprint density at radius 3 is 2.48 bits per heavy atom. The molecule has 0 bridgehead atoms. The van der Waals surface area contributed by atoms with Crippen LogP contribution in [0.25, 0.3) is 0 Å². The van der Waals surface area contributed by atoms with Crippen LogP contribution in [0.15, 0.2) is 6.07 Å². The molecular formula is C24H40N6O3. The van der Waals surface area contributed by atoms with Crippen LogP contribution in [0.5, 0.6) is 0 Å². The largest absolute Gasteiger partial charge is 0.351 e. The molecule has 33 heavy (non-hydrogen) atoms. The van der Waals surface area contributed by atoms with Gasteiger partial charge >= 0.3 is 0 Å². The Morgan fingerprint density at radius 2 is 1.85 bits per heavy atom. The quantitative estimate of drug-likeness (QED) is 0.434. The van der Waals surface area contributed by atoms with E-state index in [0.29, 0.717) is 12.2 Å². The Kier molecular flexibility index (Phi) is 8.51. The average Bonchev–Trinajstić information content (AvgIpc) is 3.06. The predicted octanol–water partition coefficient (Wildman–Crippen LogP) is 2.03. The van der Waals surface area contributed by atoms with Gasteiger partial charge in [-0.15, -0.1) is 0 Å². The molecule has 2 heterocycles. The molecule has 3 rings (SSSR count). The number of hydrogen-bond donors (Lipinski definition) is 2. The molecule has 0 aromatic carbocycles. The van der Waals surface area contributed by atoms with Crippen LogP contribution < -0.4 is 10.6 Å². The second-order valence-electron chi connectivity index (χ2n) is 9.51. The summed E-state index contributed by atoms with van der Waals surface area (Å²) in [6.07, 6.45) is 7.45. The van der Waals surface area contributed by atoms with Crippen molar-refractivity contribution in [2.24, 2.45) is 0 Å². The van der Waals surface area contributed by atoms with Crippen LogP contribution in [0.2, 0.25) is 0 Å². The molecule has 9 nitrogen and oxygen atoms in total. The van der Waals surface area contributed by atoms with E-state index in [9.17, 15) is 14.4 Å². The van der Waals surface area contributed by atoms with Crippen molar-refractivity contribution in [1.29, 1.82) is 0 Å². The first-order valence-corrected chi connectivity index (χ1v) is 12.5. The Bertz CT molecular complexity index is 841. The van der Waals surface area contributed by atoms with E-state index in [1.807, 2.05) is 0 Å². The highest BCUT2D eigenvalue weighted by atomic mass is 16.2. The molecule has 1 atom stereocenters. The number of fused-ring (bicyclic) bond motifs is 1. The molecule has 1 saturated carbocycles. The number of carbonyl (C=O) groups excluding carboxylic acids is 3. The number of nitrogens with one attached hydrogen (secondary N) is 2. The van der Waals surface area contributed by atoms with Gasteiger partial charge < -0.3 is 20.4 Å². The van der Waals surface area contributed by atoms with Crippen LogP contribution in [0.4, 0.5) is 0 Å². The topological polar surface area (TPSA) is 99.6 Å². The minimum atomic E-state index is -1.06. The third kappa shape index (κ3) is 5.75. The summed E-state index contributed by atoms with van der Waals surface area (Å²) in [5.74, 6) is -0.752. The van der Waals surface area contributed by atoms with Crippen LogP contribution >= 0.6 is 0 Å². The van der Waals surface area contributed by atoms with Crippen LogP contribution in [0.1, 0.15) is 86.7 Å². The summed E-state index contributed by atoms with van der Waals surface area (Å²) in [6, 6.07) is 1.68. The molecule has 1 aromatic rings. The molecule has 2 aliphatic rings. The minimum absolute atomic E-state index is 0.150. The first-order chi connectivity index (χ1) is 15.8. The monoisotopic (exact) mass is 460 g/mol. The molecular weight excluding hydrogens is 420 g/mol. The molecule has 0 spiro atoms. The summed E-state index contributed by atoms with van der Waals surface area (Å²) in [7, 11) is 1.65. The molecule has 1 aromatic heterocycles. The molecule has 1 aliphatic heterocycles. The van der Waals surface area contributed by atoms with Gasteiger partial charge in [0.25, 0.3) is 11.8 Å². The number of aromatic nitrogens is 2. The van der Waals surface area contributed by atoms with Crippen LogP contribution in [-0.4, -0.2) is 82.1 Å². The zero-order valence-electron chi connectivity index (χ0n) is 20.7. The Labute approximate surface area is 197 Å². The van der Waals surface area contributed by atoms with Gasteiger partial charge in [0, 0.05) is 25.7 Å². The van der Waals surface area contributed by atoms with Crippen LogP contribution in [0, 0.1) is 0 Å². The molecule has 184 valence electrons. The minimum Gasteiger partial charge on any atom is -0.351 e. The van der Waals surface area contributed by atoms with Gasteiger partial charge in [0.15, 0.2) is 5.69 Å². The van der Waals surface area contributed by atoms with E-state index in [2.05, 4.69) is 34.5 Å². The standard InChI is InChI=1S/C24H40N6O3/c1-5-29(6-2)15-11-14-25-21(31)19-16-20-22(32)28(4)24(3,17-30(20)27-19)23(33)26-18-12-9-7-8-10-13-18/h16,18H,5-15,17H2,1-4H3,(H,25,31)(H,26,33)/t24-/m0/s1. The van der Waals surface area contributed by atoms with Crippen molar-refractivity contribution in [3.8, 4) is 0 Å². The Morgan fingerprint density at radius 1 is 1.18 bits per heavy atom. The highest BCUT2D eigenvalue weighted by molar-refractivity contribution is 6.01. The second kappa shape index (κ2) is 11.1. The summed E-state index contributed by atoms with van der Waals surface area (Å²) in [5, 5.41) is 10.5. The third-order valence-corrected chi connectivity index (χ3v) is 7.24. The van der Waals surface area contributed by atoms with E-state index < -0.39 is 5.54 Å². The van der Waals surface area contributed by atoms with Crippen molar-refractivity contribution in [1.82, 2.24) is 30.2 Å². The van der Waals surface area contributed by atoms with Gasteiger partial charge in [0.2, 0.25) is 5.91 Å².